The maximum absolute atomic E-state index is 12.9. The molecule has 33 heavy (non-hydrogen) atoms. The number of pyridine rings is 1. The van der Waals surface area contributed by atoms with Gasteiger partial charge in [-0.25, -0.2) is 0 Å². The Labute approximate surface area is 199 Å². The van der Waals surface area contributed by atoms with E-state index in [0.29, 0.717) is 43.2 Å². The third-order valence-corrected chi connectivity index (χ3v) is 6.30. The second-order valence-corrected chi connectivity index (χ2v) is 8.96. The first kappa shape index (κ1) is 22.8. The Morgan fingerprint density at radius 2 is 2.00 bits per heavy atom. The minimum absolute atomic E-state index is 0.0705. The number of amides is 3. The van der Waals surface area contributed by atoms with E-state index in [-0.39, 0.29) is 27.7 Å². The first-order chi connectivity index (χ1) is 16.0. The van der Waals surface area contributed by atoms with Crippen LogP contribution in [0.4, 0.5) is 5.69 Å². The number of aromatic nitrogens is 3. The lowest BCUT2D eigenvalue weighted by Gasteiger charge is -2.31. The molecule has 1 aliphatic heterocycles. The van der Waals surface area contributed by atoms with Gasteiger partial charge in [0.25, 0.3) is 11.8 Å². The van der Waals surface area contributed by atoms with Crippen LogP contribution in [0.1, 0.15) is 38.0 Å². The molecule has 1 fully saturated rings. The molecule has 0 radical (unpaired) electrons. The standard InChI is InChI=1S/C22H21ClN6O3S/c23-16-6-1-7-17(10-16)26-19(31)20-27-28-21(33-20)22(32)29-9-3-5-15(13-29)18(30)25-12-14-4-2-8-24-11-14/h1-2,4,6-8,10-11,15H,3,5,9,12-13H2,(H,25,30)(H,26,31). The third kappa shape index (κ3) is 5.91. The van der Waals surface area contributed by atoms with Gasteiger partial charge < -0.3 is 15.5 Å². The molecule has 9 nitrogen and oxygen atoms in total. The van der Waals surface area contributed by atoms with E-state index in [9.17, 15) is 14.4 Å². The smallest absolute Gasteiger partial charge is 0.286 e. The molecule has 0 saturated carbocycles. The SMILES string of the molecule is O=C(Nc1cccc(Cl)c1)c1nnc(C(=O)N2CCCC(C(=O)NCc3cccnc3)C2)s1. The van der Waals surface area contributed by atoms with Crippen molar-refractivity contribution in [3.8, 4) is 0 Å². The molecular weight excluding hydrogens is 464 g/mol. The zero-order valence-electron chi connectivity index (χ0n) is 17.5. The van der Waals surface area contributed by atoms with Gasteiger partial charge in [-0.05, 0) is 42.7 Å². The van der Waals surface area contributed by atoms with Crippen LogP contribution in [0.3, 0.4) is 0 Å². The Hall–Kier alpha value is -3.37. The second kappa shape index (κ2) is 10.5. The van der Waals surface area contributed by atoms with Crippen LogP contribution in [0.5, 0.6) is 0 Å². The summed E-state index contributed by atoms with van der Waals surface area (Å²) < 4.78 is 0. The highest BCUT2D eigenvalue weighted by atomic mass is 35.5. The zero-order chi connectivity index (χ0) is 23.2. The molecule has 3 amide bonds. The lowest BCUT2D eigenvalue weighted by molar-refractivity contribution is -0.126. The summed E-state index contributed by atoms with van der Waals surface area (Å²) in [6.07, 6.45) is 4.78. The number of halogens is 1. The molecule has 2 aromatic heterocycles. The van der Waals surface area contributed by atoms with Gasteiger partial charge in [-0.15, -0.1) is 10.2 Å². The minimum Gasteiger partial charge on any atom is -0.352 e. The van der Waals surface area contributed by atoms with Crippen molar-refractivity contribution in [1.29, 1.82) is 0 Å². The number of anilines is 1. The highest BCUT2D eigenvalue weighted by Crippen LogP contribution is 2.22. The Kier molecular flexibility index (Phi) is 7.26. The number of hydrogen-bond donors (Lipinski definition) is 2. The maximum Gasteiger partial charge on any atom is 0.286 e. The van der Waals surface area contributed by atoms with Crippen molar-refractivity contribution < 1.29 is 14.4 Å². The van der Waals surface area contributed by atoms with Gasteiger partial charge in [0.1, 0.15) is 0 Å². The fraction of sp³-hybridized carbons (Fsp3) is 0.273. The number of rotatable bonds is 6. The van der Waals surface area contributed by atoms with Gasteiger partial charge in [0.15, 0.2) is 0 Å². The van der Waals surface area contributed by atoms with Crippen molar-refractivity contribution in [3.05, 3.63) is 69.4 Å². The number of piperidine rings is 1. The summed E-state index contributed by atoms with van der Waals surface area (Å²) in [6, 6.07) is 10.4. The van der Waals surface area contributed by atoms with E-state index in [1.54, 1.807) is 41.6 Å². The molecule has 1 aliphatic rings. The number of hydrogen-bond acceptors (Lipinski definition) is 7. The number of nitrogens with one attached hydrogen (secondary N) is 2. The van der Waals surface area contributed by atoms with E-state index < -0.39 is 5.91 Å². The van der Waals surface area contributed by atoms with Crippen molar-refractivity contribution in [1.82, 2.24) is 25.4 Å². The van der Waals surface area contributed by atoms with Crippen LogP contribution in [0.25, 0.3) is 0 Å². The molecule has 1 atom stereocenters. The van der Waals surface area contributed by atoms with Crippen LogP contribution in [0.15, 0.2) is 48.8 Å². The minimum atomic E-state index is -0.472. The Morgan fingerprint density at radius 1 is 1.15 bits per heavy atom. The lowest BCUT2D eigenvalue weighted by Crippen LogP contribution is -2.45. The van der Waals surface area contributed by atoms with Crippen molar-refractivity contribution in [2.75, 3.05) is 18.4 Å². The summed E-state index contributed by atoms with van der Waals surface area (Å²) in [5.41, 5.74) is 1.43. The molecule has 1 aromatic carbocycles. The van der Waals surface area contributed by atoms with Crippen molar-refractivity contribution in [2.24, 2.45) is 5.92 Å². The van der Waals surface area contributed by atoms with Crippen molar-refractivity contribution >= 4 is 46.3 Å². The molecular formula is C22H21ClN6O3S. The van der Waals surface area contributed by atoms with Crippen LogP contribution >= 0.6 is 22.9 Å². The summed E-state index contributed by atoms with van der Waals surface area (Å²) in [4.78, 5) is 43.6. The van der Waals surface area contributed by atoms with E-state index in [1.165, 1.54) is 0 Å². The monoisotopic (exact) mass is 484 g/mol. The fourth-order valence-corrected chi connectivity index (χ4v) is 4.40. The molecule has 3 aromatic rings. The molecule has 170 valence electrons. The largest absolute Gasteiger partial charge is 0.352 e. The summed E-state index contributed by atoms with van der Waals surface area (Å²) in [5, 5.41) is 14.0. The van der Waals surface area contributed by atoms with Gasteiger partial charge in [0, 0.05) is 42.7 Å². The summed E-state index contributed by atoms with van der Waals surface area (Å²) in [5.74, 6) is -1.22. The summed E-state index contributed by atoms with van der Waals surface area (Å²) in [6.45, 7) is 1.20. The number of benzene rings is 1. The predicted octanol–water partition coefficient (Wildman–Crippen LogP) is 3.01. The zero-order valence-corrected chi connectivity index (χ0v) is 19.1. The van der Waals surface area contributed by atoms with Gasteiger partial charge in [-0.1, -0.05) is 35.1 Å². The van der Waals surface area contributed by atoms with E-state index in [2.05, 4.69) is 25.8 Å². The highest BCUT2D eigenvalue weighted by molar-refractivity contribution is 7.15. The van der Waals surface area contributed by atoms with Crippen LogP contribution in [0.2, 0.25) is 5.02 Å². The molecule has 4 rings (SSSR count). The van der Waals surface area contributed by atoms with Crippen LogP contribution in [-0.2, 0) is 11.3 Å². The third-order valence-electron chi connectivity index (χ3n) is 5.15. The Bertz CT molecular complexity index is 1160. The molecule has 2 N–H and O–H groups in total. The summed E-state index contributed by atoms with van der Waals surface area (Å²) in [7, 11) is 0. The normalized spacial score (nSPS) is 15.7. The highest BCUT2D eigenvalue weighted by Gasteiger charge is 2.30. The van der Waals surface area contributed by atoms with Crippen molar-refractivity contribution in [2.45, 2.75) is 19.4 Å². The van der Waals surface area contributed by atoms with Crippen LogP contribution in [-0.4, -0.2) is 50.9 Å². The Balaban J connectivity index is 1.34. The average Bonchev–Trinajstić information content (AvgIpc) is 3.33. The Morgan fingerprint density at radius 3 is 2.79 bits per heavy atom. The molecule has 0 bridgehead atoms. The lowest BCUT2D eigenvalue weighted by atomic mass is 9.97. The van der Waals surface area contributed by atoms with Gasteiger partial charge in [-0.3, -0.25) is 19.4 Å². The maximum atomic E-state index is 12.9. The van der Waals surface area contributed by atoms with Gasteiger partial charge in [-0.2, -0.15) is 0 Å². The quantitative estimate of drug-likeness (QED) is 0.555. The molecule has 1 saturated heterocycles. The van der Waals surface area contributed by atoms with Crippen molar-refractivity contribution in [3.63, 3.8) is 0 Å². The number of carbonyl (C=O) groups is 3. The summed E-state index contributed by atoms with van der Waals surface area (Å²) >= 11 is 6.85. The van der Waals surface area contributed by atoms with E-state index in [4.69, 9.17) is 11.6 Å². The van der Waals surface area contributed by atoms with Crippen LogP contribution < -0.4 is 10.6 Å². The van der Waals surface area contributed by atoms with Gasteiger partial charge >= 0.3 is 0 Å². The van der Waals surface area contributed by atoms with Crippen LogP contribution in [0, 0.1) is 5.92 Å². The second-order valence-electron chi connectivity index (χ2n) is 7.55. The topological polar surface area (TPSA) is 117 Å². The van der Waals surface area contributed by atoms with Gasteiger partial charge in [0.05, 0.1) is 5.92 Å². The number of carbonyl (C=O) groups excluding carboxylic acids is 3. The predicted molar refractivity (Wildman–Crippen MR) is 124 cm³/mol. The number of likely N-dealkylation sites (tertiary alicyclic amines) is 1. The first-order valence-electron chi connectivity index (χ1n) is 10.4. The van der Waals surface area contributed by atoms with E-state index in [1.807, 2.05) is 12.1 Å². The van der Waals surface area contributed by atoms with Gasteiger partial charge in [0.2, 0.25) is 15.9 Å². The van der Waals surface area contributed by atoms with E-state index >= 15 is 0 Å². The van der Waals surface area contributed by atoms with E-state index in [0.717, 1.165) is 16.9 Å². The molecule has 1 unspecified atom stereocenters. The number of nitrogens with zero attached hydrogens (tertiary/aromatic N) is 4. The molecule has 11 heteroatoms. The fourth-order valence-electron chi connectivity index (χ4n) is 3.50. The molecule has 0 spiro atoms. The molecule has 0 aliphatic carbocycles. The average molecular weight is 485 g/mol. The molecule has 3 heterocycles. The first-order valence-corrected chi connectivity index (χ1v) is 11.6.